The lowest BCUT2D eigenvalue weighted by atomic mass is 10.7. The summed E-state index contributed by atoms with van der Waals surface area (Å²) >= 11 is 9.55. The minimum absolute atomic E-state index is 0.0438. The first-order chi connectivity index (χ1) is 6.09. The van der Waals surface area contributed by atoms with Crippen molar-refractivity contribution in [2.45, 2.75) is 4.21 Å². The molecule has 0 fully saturated rings. The Morgan fingerprint density at radius 1 is 1.69 bits per heavy atom. The van der Waals surface area contributed by atoms with E-state index in [1.54, 1.807) is 11.3 Å². The molecule has 13 heavy (non-hydrogen) atoms. The first-order valence-electron chi connectivity index (χ1n) is 3.16. The summed E-state index contributed by atoms with van der Waals surface area (Å²) < 4.78 is 5.73. The van der Waals surface area contributed by atoms with Crippen LogP contribution >= 0.6 is 55.1 Å². The summed E-state index contributed by atoms with van der Waals surface area (Å²) in [4.78, 5) is 10.2. The van der Waals surface area contributed by atoms with Gasteiger partial charge in [0.1, 0.15) is 6.54 Å². The Balaban J connectivity index is 2.41. The van der Waals surface area contributed by atoms with Crippen LogP contribution in [0.15, 0.2) is 18.5 Å². The quantitative estimate of drug-likeness (QED) is 0.823. The SMILES string of the molecule is O=C(O)CNSc1cc(Br)c(Br)s1. The summed E-state index contributed by atoms with van der Waals surface area (Å²) in [5.41, 5.74) is 0. The van der Waals surface area contributed by atoms with Crippen LogP contribution in [0, 0.1) is 0 Å². The fraction of sp³-hybridized carbons (Fsp3) is 0.167. The Labute approximate surface area is 100 Å². The summed E-state index contributed by atoms with van der Waals surface area (Å²) in [6, 6.07) is 1.92. The van der Waals surface area contributed by atoms with Gasteiger partial charge in [-0.3, -0.25) is 4.79 Å². The highest BCUT2D eigenvalue weighted by molar-refractivity contribution is 9.13. The third-order valence-corrected chi connectivity index (χ3v) is 5.18. The molecule has 0 unspecified atom stereocenters. The van der Waals surface area contributed by atoms with Crippen LogP contribution in [-0.4, -0.2) is 17.6 Å². The number of aliphatic carboxylic acids is 1. The minimum atomic E-state index is -0.859. The normalized spacial score (nSPS) is 10.3. The molecule has 1 heterocycles. The second kappa shape index (κ2) is 5.35. The number of carboxylic acid groups (broad SMARTS) is 1. The molecule has 1 aromatic heterocycles. The number of halogens is 2. The molecule has 0 radical (unpaired) electrons. The highest BCUT2D eigenvalue weighted by Crippen LogP contribution is 2.36. The van der Waals surface area contributed by atoms with Gasteiger partial charge in [0.2, 0.25) is 0 Å². The summed E-state index contributed by atoms with van der Waals surface area (Å²) in [6.45, 7) is -0.0438. The number of carbonyl (C=O) groups is 1. The average molecular weight is 347 g/mol. The third-order valence-electron chi connectivity index (χ3n) is 1.02. The molecule has 0 aliphatic rings. The van der Waals surface area contributed by atoms with Crippen LogP contribution in [-0.2, 0) is 4.79 Å². The maximum Gasteiger partial charge on any atom is 0.318 e. The van der Waals surface area contributed by atoms with Crippen molar-refractivity contribution in [2.24, 2.45) is 0 Å². The van der Waals surface area contributed by atoms with Gasteiger partial charge in [-0.05, 0) is 49.9 Å². The first-order valence-corrected chi connectivity index (χ1v) is 6.38. The van der Waals surface area contributed by atoms with Gasteiger partial charge < -0.3 is 5.11 Å². The first kappa shape index (κ1) is 11.5. The van der Waals surface area contributed by atoms with Crippen LogP contribution in [0.4, 0.5) is 0 Å². The standard InChI is InChI=1S/C6H5Br2NO2S2/c7-3-1-5(12-6(3)8)13-9-2-4(10)11/h1,9H,2H2,(H,10,11). The van der Waals surface area contributed by atoms with E-state index in [9.17, 15) is 4.79 Å². The molecule has 0 saturated carbocycles. The van der Waals surface area contributed by atoms with E-state index in [4.69, 9.17) is 5.11 Å². The molecule has 0 amide bonds. The van der Waals surface area contributed by atoms with E-state index in [0.717, 1.165) is 12.5 Å². The second-order valence-electron chi connectivity index (χ2n) is 2.00. The summed E-state index contributed by atoms with van der Waals surface area (Å²) in [5.74, 6) is -0.859. The topological polar surface area (TPSA) is 49.3 Å². The predicted molar refractivity (Wildman–Crippen MR) is 61.2 cm³/mol. The van der Waals surface area contributed by atoms with Crippen molar-refractivity contribution >= 4 is 61.1 Å². The van der Waals surface area contributed by atoms with Crippen LogP contribution in [0.1, 0.15) is 0 Å². The van der Waals surface area contributed by atoms with Gasteiger partial charge in [0, 0.05) is 4.47 Å². The molecule has 0 aliphatic heterocycles. The van der Waals surface area contributed by atoms with Crippen molar-refractivity contribution in [1.82, 2.24) is 4.72 Å². The van der Waals surface area contributed by atoms with E-state index in [1.807, 2.05) is 6.07 Å². The molecule has 0 saturated heterocycles. The molecule has 2 N–H and O–H groups in total. The maximum atomic E-state index is 10.2. The zero-order valence-electron chi connectivity index (χ0n) is 6.21. The number of hydrogen-bond acceptors (Lipinski definition) is 4. The van der Waals surface area contributed by atoms with Crippen molar-refractivity contribution in [1.29, 1.82) is 0 Å². The van der Waals surface area contributed by atoms with Crippen LogP contribution in [0.3, 0.4) is 0 Å². The number of rotatable bonds is 4. The molecular weight excluding hydrogens is 342 g/mol. The van der Waals surface area contributed by atoms with E-state index in [2.05, 4.69) is 36.6 Å². The molecule has 1 aromatic rings. The van der Waals surface area contributed by atoms with Crippen molar-refractivity contribution in [3.63, 3.8) is 0 Å². The van der Waals surface area contributed by atoms with Crippen molar-refractivity contribution < 1.29 is 9.90 Å². The smallest absolute Gasteiger partial charge is 0.318 e. The van der Waals surface area contributed by atoms with Crippen molar-refractivity contribution in [2.75, 3.05) is 6.54 Å². The largest absolute Gasteiger partial charge is 0.480 e. The van der Waals surface area contributed by atoms with Gasteiger partial charge in [0.15, 0.2) is 0 Å². The third kappa shape index (κ3) is 3.99. The molecular formula is C6H5Br2NO2S2. The number of thiophene rings is 1. The van der Waals surface area contributed by atoms with Crippen molar-refractivity contribution in [3.8, 4) is 0 Å². The monoisotopic (exact) mass is 345 g/mol. The number of carboxylic acids is 1. The lowest BCUT2D eigenvalue weighted by Crippen LogP contribution is -2.14. The molecule has 0 bridgehead atoms. The van der Waals surface area contributed by atoms with E-state index in [0.29, 0.717) is 0 Å². The van der Waals surface area contributed by atoms with E-state index in [1.165, 1.54) is 11.9 Å². The summed E-state index contributed by atoms with van der Waals surface area (Å²) in [5, 5.41) is 8.36. The van der Waals surface area contributed by atoms with Crippen LogP contribution < -0.4 is 4.72 Å². The minimum Gasteiger partial charge on any atom is -0.480 e. The van der Waals surface area contributed by atoms with E-state index < -0.39 is 5.97 Å². The number of nitrogens with one attached hydrogen (secondary N) is 1. The fourth-order valence-corrected chi connectivity index (χ4v) is 3.90. The summed E-state index contributed by atoms with van der Waals surface area (Å²) in [7, 11) is 0. The lowest BCUT2D eigenvalue weighted by molar-refractivity contribution is -0.135. The van der Waals surface area contributed by atoms with Crippen LogP contribution in [0.2, 0.25) is 0 Å². The Hall–Kier alpha value is 0.440. The van der Waals surface area contributed by atoms with Gasteiger partial charge in [-0.1, -0.05) is 0 Å². The van der Waals surface area contributed by atoms with Gasteiger partial charge in [-0.15, -0.1) is 11.3 Å². The van der Waals surface area contributed by atoms with Gasteiger partial charge in [0.25, 0.3) is 0 Å². The van der Waals surface area contributed by atoms with Gasteiger partial charge in [-0.25, -0.2) is 4.72 Å². The Bertz CT molecular complexity index is 296. The van der Waals surface area contributed by atoms with Gasteiger partial charge >= 0.3 is 5.97 Å². The van der Waals surface area contributed by atoms with E-state index >= 15 is 0 Å². The fourth-order valence-electron chi connectivity index (χ4n) is 0.546. The Kier molecular flexibility index (Phi) is 4.74. The van der Waals surface area contributed by atoms with Crippen LogP contribution in [0.5, 0.6) is 0 Å². The molecule has 3 nitrogen and oxygen atoms in total. The molecule has 72 valence electrons. The van der Waals surface area contributed by atoms with Crippen molar-refractivity contribution in [3.05, 3.63) is 14.3 Å². The maximum absolute atomic E-state index is 10.2. The van der Waals surface area contributed by atoms with Gasteiger partial charge in [0.05, 0.1) is 8.00 Å². The van der Waals surface area contributed by atoms with E-state index in [-0.39, 0.29) is 6.54 Å². The van der Waals surface area contributed by atoms with Gasteiger partial charge in [-0.2, -0.15) is 0 Å². The molecule has 0 aliphatic carbocycles. The molecule has 7 heteroatoms. The zero-order chi connectivity index (χ0) is 9.84. The van der Waals surface area contributed by atoms with Crippen LogP contribution in [0.25, 0.3) is 0 Å². The number of hydrogen-bond donors (Lipinski definition) is 2. The zero-order valence-corrected chi connectivity index (χ0v) is 11.0. The highest BCUT2D eigenvalue weighted by atomic mass is 79.9. The second-order valence-corrected chi connectivity index (χ2v) is 6.42. The Morgan fingerprint density at radius 3 is 2.85 bits per heavy atom. The molecule has 0 aromatic carbocycles. The predicted octanol–water partition coefficient (Wildman–Crippen LogP) is 2.95. The lowest BCUT2D eigenvalue weighted by Gasteiger charge is -1.95. The average Bonchev–Trinajstić information content (AvgIpc) is 2.30. The molecule has 0 spiro atoms. The Morgan fingerprint density at radius 2 is 2.38 bits per heavy atom. The highest BCUT2D eigenvalue weighted by Gasteiger charge is 2.04. The molecule has 0 atom stereocenters. The summed E-state index contributed by atoms with van der Waals surface area (Å²) in [6.07, 6.45) is 0. The molecule has 1 rings (SSSR count).